The van der Waals surface area contributed by atoms with Crippen molar-refractivity contribution >= 4 is 23.6 Å². The maximum absolute atomic E-state index is 12.1. The highest BCUT2D eigenvalue weighted by Crippen LogP contribution is 2.12. The second kappa shape index (κ2) is 9.41. The molecule has 0 saturated carbocycles. The Morgan fingerprint density at radius 1 is 1.43 bits per heavy atom. The second-order valence-electron chi connectivity index (χ2n) is 4.63. The van der Waals surface area contributed by atoms with Crippen LogP contribution < -0.4 is 5.32 Å². The lowest BCUT2D eigenvalue weighted by Crippen LogP contribution is -2.40. The summed E-state index contributed by atoms with van der Waals surface area (Å²) >= 11 is 1.67. The van der Waals surface area contributed by atoms with Gasteiger partial charge in [0.1, 0.15) is 6.04 Å². The summed E-state index contributed by atoms with van der Waals surface area (Å²) < 4.78 is 4.90. The molecule has 0 bridgehead atoms. The number of carboxylic acids is 1. The van der Waals surface area contributed by atoms with E-state index in [9.17, 15) is 9.59 Å². The van der Waals surface area contributed by atoms with Crippen molar-refractivity contribution in [1.29, 1.82) is 0 Å². The van der Waals surface area contributed by atoms with E-state index in [0.717, 1.165) is 11.3 Å². The van der Waals surface area contributed by atoms with Crippen LogP contribution in [0.15, 0.2) is 24.3 Å². The van der Waals surface area contributed by atoms with Gasteiger partial charge >= 0.3 is 5.97 Å². The van der Waals surface area contributed by atoms with Crippen molar-refractivity contribution in [2.45, 2.75) is 24.6 Å². The highest BCUT2D eigenvalue weighted by atomic mass is 32.2. The molecule has 0 saturated heterocycles. The van der Waals surface area contributed by atoms with Gasteiger partial charge in [-0.25, -0.2) is 4.79 Å². The summed E-state index contributed by atoms with van der Waals surface area (Å²) in [5.74, 6) is -0.570. The number of carbonyl (C=O) groups is 2. The topological polar surface area (TPSA) is 75.6 Å². The zero-order valence-corrected chi connectivity index (χ0v) is 13.1. The Labute approximate surface area is 129 Å². The molecule has 1 unspecified atom stereocenters. The predicted molar refractivity (Wildman–Crippen MR) is 83.7 cm³/mol. The van der Waals surface area contributed by atoms with E-state index in [4.69, 9.17) is 9.84 Å². The van der Waals surface area contributed by atoms with Crippen LogP contribution in [0.4, 0.5) is 0 Å². The Balaban J connectivity index is 2.68. The first-order valence-electron chi connectivity index (χ1n) is 6.69. The molecular formula is C15H21NO4S. The summed E-state index contributed by atoms with van der Waals surface area (Å²) in [6.45, 7) is 0.475. The fraction of sp³-hybridized carbons (Fsp3) is 0.467. The lowest BCUT2D eigenvalue weighted by Gasteiger charge is -2.14. The zero-order chi connectivity index (χ0) is 15.7. The quantitative estimate of drug-likeness (QED) is 0.684. The highest BCUT2D eigenvalue weighted by Gasteiger charge is 2.20. The normalized spacial score (nSPS) is 11.9. The number of benzene rings is 1. The van der Waals surface area contributed by atoms with E-state index >= 15 is 0 Å². The number of amides is 1. The third-order valence-electron chi connectivity index (χ3n) is 2.94. The number of hydrogen-bond acceptors (Lipinski definition) is 4. The van der Waals surface area contributed by atoms with Gasteiger partial charge in [-0.15, -0.1) is 0 Å². The van der Waals surface area contributed by atoms with Crippen LogP contribution >= 0.6 is 11.8 Å². The summed E-state index contributed by atoms with van der Waals surface area (Å²) in [6, 6.07) is 6.34. The molecular weight excluding hydrogens is 290 g/mol. The van der Waals surface area contributed by atoms with Gasteiger partial charge in [-0.3, -0.25) is 4.79 Å². The summed E-state index contributed by atoms with van der Waals surface area (Å²) in [7, 11) is 1.56. The number of carbonyl (C=O) groups excluding carboxylic acids is 1. The van der Waals surface area contributed by atoms with E-state index < -0.39 is 12.0 Å². The van der Waals surface area contributed by atoms with Gasteiger partial charge in [-0.05, 0) is 36.8 Å². The Kier molecular flexibility index (Phi) is 7.85. The predicted octanol–water partition coefficient (Wildman–Crippen LogP) is 2.16. The van der Waals surface area contributed by atoms with Crippen LogP contribution in [0.1, 0.15) is 28.8 Å². The minimum Gasteiger partial charge on any atom is -0.480 e. The summed E-state index contributed by atoms with van der Waals surface area (Å²) in [4.78, 5) is 23.3. The van der Waals surface area contributed by atoms with Crippen LogP contribution in [0.3, 0.4) is 0 Å². The third kappa shape index (κ3) is 6.18. The van der Waals surface area contributed by atoms with Gasteiger partial charge in [0, 0.05) is 25.0 Å². The largest absolute Gasteiger partial charge is 0.480 e. The maximum Gasteiger partial charge on any atom is 0.326 e. The summed E-state index contributed by atoms with van der Waals surface area (Å²) in [5.41, 5.74) is 1.53. The third-order valence-corrected chi connectivity index (χ3v) is 3.57. The second-order valence-corrected chi connectivity index (χ2v) is 5.50. The molecule has 0 aliphatic heterocycles. The van der Waals surface area contributed by atoms with Crippen molar-refractivity contribution in [3.63, 3.8) is 0 Å². The van der Waals surface area contributed by atoms with Gasteiger partial charge in [-0.2, -0.15) is 11.8 Å². The van der Waals surface area contributed by atoms with Gasteiger partial charge in [0.15, 0.2) is 0 Å². The van der Waals surface area contributed by atoms with Crippen LogP contribution in [0.2, 0.25) is 0 Å². The van der Waals surface area contributed by atoms with E-state index in [0.29, 0.717) is 25.0 Å². The number of aliphatic carboxylic acids is 1. The number of hydrogen-bond donors (Lipinski definition) is 2. The number of carboxylic acid groups (broad SMARTS) is 1. The van der Waals surface area contributed by atoms with Crippen molar-refractivity contribution in [2.75, 3.05) is 20.0 Å². The number of rotatable bonds is 9. The molecule has 1 aromatic rings. The fourth-order valence-electron chi connectivity index (χ4n) is 1.90. The maximum atomic E-state index is 12.1. The van der Waals surface area contributed by atoms with Crippen molar-refractivity contribution in [3.8, 4) is 0 Å². The average Bonchev–Trinajstić information content (AvgIpc) is 2.46. The van der Waals surface area contributed by atoms with Crippen molar-refractivity contribution in [1.82, 2.24) is 5.32 Å². The molecule has 0 radical (unpaired) electrons. The number of methoxy groups -OCH3 is 1. The first-order chi connectivity index (χ1) is 10.1. The standard InChI is InChI=1S/C15H21NO4S/c1-20-8-4-7-13(15(18)19)16-14(17)12-6-3-5-11(9-12)10-21-2/h3,5-6,9,13H,4,7-8,10H2,1-2H3,(H,16,17)(H,18,19). The van der Waals surface area contributed by atoms with Gasteiger partial charge in [0.05, 0.1) is 0 Å². The van der Waals surface area contributed by atoms with Gasteiger partial charge in [0.2, 0.25) is 0 Å². The Morgan fingerprint density at radius 2 is 2.19 bits per heavy atom. The monoisotopic (exact) mass is 311 g/mol. The molecule has 1 aromatic carbocycles. The number of ether oxygens (including phenoxy) is 1. The molecule has 0 aliphatic rings. The lowest BCUT2D eigenvalue weighted by atomic mass is 10.1. The molecule has 0 spiro atoms. The van der Waals surface area contributed by atoms with Crippen LogP contribution in [0.5, 0.6) is 0 Å². The number of nitrogens with one attached hydrogen (secondary N) is 1. The van der Waals surface area contributed by atoms with Crippen molar-refractivity contribution in [2.24, 2.45) is 0 Å². The molecule has 116 valence electrons. The first-order valence-corrected chi connectivity index (χ1v) is 8.08. The minimum absolute atomic E-state index is 0.347. The fourth-order valence-corrected chi connectivity index (χ4v) is 2.41. The van der Waals surface area contributed by atoms with E-state index in [1.807, 2.05) is 12.3 Å². The van der Waals surface area contributed by atoms with E-state index in [2.05, 4.69) is 5.32 Å². The van der Waals surface area contributed by atoms with Gasteiger partial charge in [0.25, 0.3) is 5.91 Å². The lowest BCUT2D eigenvalue weighted by molar-refractivity contribution is -0.139. The average molecular weight is 311 g/mol. The molecule has 0 heterocycles. The molecule has 1 rings (SSSR count). The summed E-state index contributed by atoms with van der Waals surface area (Å²) in [5, 5.41) is 11.7. The van der Waals surface area contributed by atoms with E-state index in [1.54, 1.807) is 37.1 Å². The van der Waals surface area contributed by atoms with Crippen molar-refractivity contribution < 1.29 is 19.4 Å². The molecule has 0 aliphatic carbocycles. The van der Waals surface area contributed by atoms with Crippen molar-refractivity contribution in [3.05, 3.63) is 35.4 Å². The molecule has 0 aromatic heterocycles. The van der Waals surface area contributed by atoms with Gasteiger partial charge in [-0.1, -0.05) is 12.1 Å². The van der Waals surface area contributed by atoms with Crippen LogP contribution in [0.25, 0.3) is 0 Å². The van der Waals surface area contributed by atoms with Crippen LogP contribution in [-0.4, -0.2) is 43.0 Å². The SMILES string of the molecule is COCCCC(NC(=O)c1cccc(CSC)c1)C(=O)O. The molecule has 6 heteroatoms. The number of thioether (sulfide) groups is 1. The Morgan fingerprint density at radius 3 is 2.81 bits per heavy atom. The summed E-state index contributed by atoms with van der Waals surface area (Å²) in [6.07, 6.45) is 2.92. The van der Waals surface area contributed by atoms with Gasteiger partial charge < -0.3 is 15.2 Å². The molecule has 21 heavy (non-hydrogen) atoms. The molecule has 1 amide bonds. The Bertz CT molecular complexity index is 478. The first kappa shape index (κ1) is 17.5. The molecule has 1 atom stereocenters. The minimum atomic E-state index is -1.03. The smallest absolute Gasteiger partial charge is 0.326 e. The zero-order valence-electron chi connectivity index (χ0n) is 12.3. The molecule has 2 N–H and O–H groups in total. The Hall–Kier alpha value is -1.53. The highest BCUT2D eigenvalue weighted by molar-refractivity contribution is 7.97. The van der Waals surface area contributed by atoms with Crippen LogP contribution in [0, 0.1) is 0 Å². The van der Waals surface area contributed by atoms with Crippen LogP contribution in [-0.2, 0) is 15.3 Å². The van der Waals surface area contributed by atoms with E-state index in [1.165, 1.54) is 0 Å². The molecule has 0 fully saturated rings. The molecule has 5 nitrogen and oxygen atoms in total. The van der Waals surface area contributed by atoms with E-state index in [-0.39, 0.29) is 5.91 Å².